The van der Waals surface area contributed by atoms with Gasteiger partial charge in [-0.25, -0.2) is 4.98 Å². The molecule has 0 bridgehead atoms. The van der Waals surface area contributed by atoms with E-state index in [0.29, 0.717) is 5.92 Å². The fourth-order valence-electron chi connectivity index (χ4n) is 3.07. The number of pyridine rings is 1. The zero-order valence-electron chi connectivity index (χ0n) is 14.5. The first-order chi connectivity index (χ1) is 11.6. The van der Waals surface area contributed by atoms with Gasteiger partial charge in [0.05, 0.1) is 0 Å². The first-order valence-electron chi connectivity index (χ1n) is 8.84. The maximum Gasteiger partial charge on any atom is 0.130 e. The molecule has 24 heavy (non-hydrogen) atoms. The highest BCUT2D eigenvalue weighted by Crippen LogP contribution is 2.27. The lowest BCUT2D eigenvalue weighted by molar-refractivity contribution is 0.301. The zero-order chi connectivity index (χ0) is 16.9. The molecule has 0 saturated heterocycles. The van der Waals surface area contributed by atoms with Gasteiger partial charge >= 0.3 is 0 Å². The van der Waals surface area contributed by atoms with Gasteiger partial charge in [-0.3, -0.25) is 0 Å². The highest BCUT2D eigenvalue weighted by molar-refractivity contribution is 9.10. The number of halogens is 1. The standard InChI is InChI=1S/C20H26BrN3/c1-14(2)19-10-20(24-18-8-4-7-17(21)9-18)23-13-16(19)12-22-11-15-5-3-6-15/h4,7-10,13-15,22H,3,5-6,11-12H2,1-2H3,(H,23,24). The van der Waals surface area contributed by atoms with Gasteiger partial charge < -0.3 is 10.6 Å². The smallest absolute Gasteiger partial charge is 0.130 e. The van der Waals surface area contributed by atoms with Crippen molar-refractivity contribution in [3.8, 4) is 0 Å². The quantitative estimate of drug-likeness (QED) is 0.648. The third-order valence-electron chi connectivity index (χ3n) is 4.71. The predicted octanol–water partition coefficient (Wildman–Crippen LogP) is 5.60. The molecule has 3 nitrogen and oxygen atoms in total. The average Bonchev–Trinajstić information content (AvgIpc) is 2.50. The second kappa shape index (κ2) is 8.13. The van der Waals surface area contributed by atoms with Crippen LogP contribution in [0.15, 0.2) is 41.0 Å². The van der Waals surface area contributed by atoms with Crippen LogP contribution >= 0.6 is 15.9 Å². The SMILES string of the molecule is CC(C)c1cc(Nc2cccc(Br)c2)ncc1CNCC1CCC1. The lowest BCUT2D eigenvalue weighted by atomic mass is 9.85. The monoisotopic (exact) mass is 387 g/mol. The van der Waals surface area contributed by atoms with Crippen LogP contribution in [0.5, 0.6) is 0 Å². The third-order valence-corrected chi connectivity index (χ3v) is 5.21. The Kier molecular flexibility index (Phi) is 5.90. The van der Waals surface area contributed by atoms with Gasteiger partial charge in [0.1, 0.15) is 5.82 Å². The fraction of sp³-hybridized carbons (Fsp3) is 0.450. The van der Waals surface area contributed by atoms with Gasteiger partial charge in [0.15, 0.2) is 0 Å². The second-order valence-corrected chi connectivity index (χ2v) is 7.90. The lowest BCUT2D eigenvalue weighted by Crippen LogP contribution is -2.27. The van der Waals surface area contributed by atoms with E-state index in [4.69, 9.17) is 0 Å². The topological polar surface area (TPSA) is 37.0 Å². The zero-order valence-corrected chi connectivity index (χ0v) is 16.1. The largest absolute Gasteiger partial charge is 0.340 e. The molecule has 1 aliphatic carbocycles. The maximum atomic E-state index is 4.61. The summed E-state index contributed by atoms with van der Waals surface area (Å²) in [5.74, 6) is 2.27. The van der Waals surface area contributed by atoms with Crippen LogP contribution in [0.25, 0.3) is 0 Å². The molecule has 2 N–H and O–H groups in total. The normalized spacial score (nSPS) is 14.7. The van der Waals surface area contributed by atoms with E-state index in [2.05, 4.69) is 63.6 Å². The number of nitrogens with one attached hydrogen (secondary N) is 2. The van der Waals surface area contributed by atoms with Crippen molar-refractivity contribution in [2.24, 2.45) is 5.92 Å². The van der Waals surface area contributed by atoms with Crippen molar-refractivity contribution in [3.63, 3.8) is 0 Å². The molecule has 0 amide bonds. The molecular weight excluding hydrogens is 362 g/mol. The minimum atomic E-state index is 0.483. The Balaban J connectivity index is 1.68. The molecule has 4 heteroatoms. The van der Waals surface area contributed by atoms with Gasteiger partial charge in [-0.15, -0.1) is 0 Å². The highest BCUT2D eigenvalue weighted by atomic mass is 79.9. The Labute approximate surface area is 153 Å². The Morgan fingerprint density at radius 1 is 1.25 bits per heavy atom. The number of benzene rings is 1. The van der Waals surface area contributed by atoms with E-state index >= 15 is 0 Å². The van der Waals surface area contributed by atoms with E-state index in [1.807, 2.05) is 18.3 Å². The number of hydrogen-bond donors (Lipinski definition) is 2. The minimum absolute atomic E-state index is 0.483. The average molecular weight is 388 g/mol. The second-order valence-electron chi connectivity index (χ2n) is 6.99. The van der Waals surface area contributed by atoms with E-state index < -0.39 is 0 Å². The van der Waals surface area contributed by atoms with Crippen molar-refractivity contribution < 1.29 is 0 Å². The Morgan fingerprint density at radius 2 is 2.08 bits per heavy atom. The summed E-state index contributed by atoms with van der Waals surface area (Å²) in [4.78, 5) is 4.61. The number of aromatic nitrogens is 1. The van der Waals surface area contributed by atoms with E-state index in [1.165, 1.54) is 30.4 Å². The Morgan fingerprint density at radius 3 is 2.75 bits per heavy atom. The van der Waals surface area contributed by atoms with Crippen molar-refractivity contribution >= 4 is 27.4 Å². The van der Waals surface area contributed by atoms with Gasteiger partial charge in [-0.1, -0.05) is 42.3 Å². The predicted molar refractivity (Wildman–Crippen MR) is 105 cm³/mol. The van der Waals surface area contributed by atoms with Crippen LogP contribution in [0.3, 0.4) is 0 Å². The summed E-state index contributed by atoms with van der Waals surface area (Å²) in [6.07, 6.45) is 6.19. The van der Waals surface area contributed by atoms with E-state index in [9.17, 15) is 0 Å². The van der Waals surface area contributed by atoms with Crippen LogP contribution in [0.4, 0.5) is 11.5 Å². The first kappa shape index (κ1) is 17.4. The summed E-state index contributed by atoms with van der Waals surface area (Å²) >= 11 is 3.51. The van der Waals surface area contributed by atoms with Crippen molar-refractivity contribution in [2.45, 2.75) is 45.6 Å². The third kappa shape index (κ3) is 4.58. The van der Waals surface area contributed by atoms with Crippen molar-refractivity contribution in [1.29, 1.82) is 0 Å². The minimum Gasteiger partial charge on any atom is -0.340 e. The molecule has 1 heterocycles. The van der Waals surface area contributed by atoms with Gasteiger partial charge in [0, 0.05) is 22.9 Å². The van der Waals surface area contributed by atoms with Crippen molar-refractivity contribution in [2.75, 3.05) is 11.9 Å². The van der Waals surface area contributed by atoms with Gasteiger partial charge in [-0.2, -0.15) is 0 Å². The summed E-state index contributed by atoms with van der Waals surface area (Å²) in [6.45, 7) is 6.53. The Hall–Kier alpha value is -1.39. The number of anilines is 2. The van der Waals surface area contributed by atoms with Crippen LogP contribution < -0.4 is 10.6 Å². The van der Waals surface area contributed by atoms with Crippen molar-refractivity contribution in [1.82, 2.24) is 10.3 Å². The van der Waals surface area contributed by atoms with Gasteiger partial charge in [0.2, 0.25) is 0 Å². The van der Waals surface area contributed by atoms with Gasteiger partial charge in [0.25, 0.3) is 0 Å². The van der Waals surface area contributed by atoms with Crippen LogP contribution in [0, 0.1) is 5.92 Å². The van der Waals surface area contributed by atoms with Gasteiger partial charge in [-0.05, 0) is 66.6 Å². The molecule has 0 unspecified atom stereocenters. The summed E-state index contributed by atoms with van der Waals surface area (Å²) in [5, 5.41) is 7.01. The molecule has 0 radical (unpaired) electrons. The molecule has 0 atom stereocenters. The summed E-state index contributed by atoms with van der Waals surface area (Å²) < 4.78 is 1.06. The molecular formula is C20H26BrN3. The molecule has 1 fully saturated rings. The first-order valence-corrected chi connectivity index (χ1v) is 9.63. The molecule has 1 saturated carbocycles. The number of nitrogens with zero attached hydrogens (tertiary/aromatic N) is 1. The molecule has 1 aromatic heterocycles. The van der Waals surface area contributed by atoms with E-state index in [-0.39, 0.29) is 0 Å². The fourth-order valence-corrected chi connectivity index (χ4v) is 3.47. The lowest BCUT2D eigenvalue weighted by Gasteiger charge is -2.25. The van der Waals surface area contributed by atoms with Crippen LogP contribution in [0.1, 0.15) is 50.2 Å². The summed E-state index contributed by atoms with van der Waals surface area (Å²) in [5.41, 5.74) is 3.72. The molecule has 128 valence electrons. The molecule has 3 rings (SSSR count). The Bertz CT molecular complexity index is 680. The molecule has 1 aromatic carbocycles. The number of rotatable bonds is 7. The number of hydrogen-bond acceptors (Lipinski definition) is 3. The molecule has 1 aliphatic rings. The van der Waals surface area contributed by atoms with E-state index in [0.717, 1.165) is 35.0 Å². The maximum absolute atomic E-state index is 4.61. The van der Waals surface area contributed by atoms with Crippen LogP contribution in [-0.4, -0.2) is 11.5 Å². The highest BCUT2D eigenvalue weighted by Gasteiger charge is 2.17. The van der Waals surface area contributed by atoms with Crippen LogP contribution in [-0.2, 0) is 6.54 Å². The summed E-state index contributed by atoms with van der Waals surface area (Å²) in [6, 6.07) is 10.3. The van der Waals surface area contributed by atoms with Crippen molar-refractivity contribution in [3.05, 3.63) is 52.1 Å². The molecule has 2 aromatic rings. The summed E-state index contributed by atoms with van der Waals surface area (Å²) in [7, 11) is 0. The van der Waals surface area contributed by atoms with E-state index in [1.54, 1.807) is 0 Å². The van der Waals surface area contributed by atoms with Crippen LogP contribution in [0.2, 0.25) is 0 Å². The molecule has 0 aliphatic heterocycles. The molecule has 0 spiro atoms.